The normalized spacial score (nSPS) is 14.3. The van der Waals surface area contributed by atoms with Crippen LogP contribution in [-0.2, 0) is 10.0 Å². The second kappa shape index (κ2) is 10.5. The highest BCUT2D eigenvalue weighted by Crippen LogP contribution is 2.10. The average molecular weight is 322 g/mol. The third-order valence-electron chi connectivity index (χ3n) is 3.81. The zero-order valence-electron chi connectivity index (χ0n) is 14.7. The first kappa shape index (κ1) is 20.8. The van der Waals surface area contributed by atoms with Crippen molar-refractivity contribution in [2.75, 3.05) is 39.3 Å². The molecule has 0 bridgehead atoms. The third kappa shape index (κ3) is 7.58. The standard InChI is InChI=1S/C15H35N3O2S/c1-7-17(8-2)11-10-12-18(9-3)21(19,20)15(6)13-16-14(4)5/h14-16H,7-13H2,1-6H3. The Morgan fingerprint density at radius 3 is 1.95 bits per heavy atom. The Bertz CT molecular complexity index is 354. The molecule has 0 aliphatic rings. The Morgan fingerprint density at radius 1 is 0.952 bits per heavy atom. The molecule has 0 aromatic rings. The number of hydrogen-bond donors (Lipinski definition) is 1. The van der Waals surface area contributed by atoms with E-state index in [1.54, 1.807) is 11.2 Å². The maximum atomic E-state index is 12.6. The van der Waals surface area contributed by atoms with E-state index in [-0.39, 0.29) is 5.25 Å². The summed E-state index contributed by atoms with van der Waals surface area (Å²) in [5.74, 6) is 0. The van der Waals surface area contributed by atoms with Crippen LogP contribution in [-0.4, -0.2) is 68.2 Å². The lowest BCUT2D eigenvalue weighted by Crippen LogP contribution is -2.44. The Labute approximate surface area is 132 Å². The van der Waals surface area contributed by atoms with Crippen LogP contribution in [0.5, 0.6) is 0 Å². The summed E-state index contributed by atoms with van der Waals surface area (Å²) in [5.41, 5.74) is 0. The van der Waals surface area contributed by atoms with Crippen LogP contribution in [0.3, 0.4) is 0 Å². The van der Waals surface area contributed by atoms with Crippen molar-refractivity contribution in [3.05, 3.63) is 0 Å². The molecule has 1 unspecified atom stereocenters. The van der Waals surface area contributed by atoms with Gasteiger partial charge in [-0.15, -0.1) is 0 Å². The van der Waals surface area contributed by atoms with Crippen molar-refractivity contribution in [3.8, 4) is 0 Å². The monoisotopic (exact) mass is 321 g/mol. The molecule has 1 N–H and O–H groups in total. The minimum atomic E-state index is -3.21. The molecule has 0 amide bonds. The van der Waals surface area contributed by atoms with Crippen LogP contribution in [0, 0.1) is 0 Å². The first-order chi connectivity index (χ1) is 9.79. The van der Waals surface area contributed by atoms with E-state index >= 15 is 0 Å². The number of rotatable bonds is 12. The highest BCUT2D eigenvalue weighted by molar-refractivity contribution is 7.89. The van der Waals surface area contributed by atoms with Crippen molar-refractivity contribution < 1.29 is 8.42 Å². The van der Waals surface area contributed by atoms with Gasteiger partial charge in [-0.3, -0.25) is 0 Å². The maximum Gasteiger partial charge on any atom is 0.217 e. The third-order valence-corrected chi connectivity index (χ3v) is 6.16. The predicted octanol–water partition coefficient (Wildman–Crippen LogP) is 1.76. The molecule has 128 valence electrons. The molecule has 0 fully saturated rings. The molecular formula is C15H35N3O2S. The highest BCUT2D eigenvalue weighted by atomic mass is 32.2. The minimum Gasteiger partial charge on any atom is -0.313 e. The number of hydrogen-bond acceptors (Lipinski definition) is 4. The van der Waals surface area contributed by atoms with Gasteiger partial charge in [0.05, 0.1) is 5.25 Å². The number of sulfonamides is 1. The van der Waals surface area contributed by atoms with Gasteiger partial charge in [-0.05, 0) is 33.0 Å². The van der Waals surface area contributed by atoms with Crippen LogP contribution in [0.25, 0.3) is 0 Å². The van der Waals surface area contributed by atoms with Gasteiger partial charge in [0, 0.05) is 25.7 Å². The van der Waals surface area contributed by atoms with Gasteiger partial charge in [0.2, 0.25) is 10.0 Å². The molecular weight excluding hydrogens is 286 g/mol. The molecule has 0 rings (SSSR count). The van der Waals surface area contributed by atoms with E-state index in [4.69, 9.17) is 0 Å². The molecule has 0 aromatic heterocycles. The summed E-state index contributed by atoms with van der Waals surface area (Å²) < 4.78 is 26.8. The maximum absolute atomic E-state index is 12.6. The van der Waals surface area contributed by atoms with Crippen molar-refractivity contribution in [1.82, 2.24) is 14.5 Å². The van der Waals surface area contributed by atoms with Gasteiger partial charge in [-0.2, -0.15) is 0 Å². The highest BCUT2D eigenvalue weighted by Gasteiger charge is 2.27. The van der Waals surface area contributed by atoms with E-state index in [1.807, 2.05) is 20.8 Å². The van der Waals surface area contributed by atoms with Gasteiger partial charge in [-0.1, -0.05) is 34.6 Å². The summed E-state index contributed by atoms with van der Waals surface area (Å²) in [4.78, 5) is 2.32. The Kier molecular flexibility index (Phi) is 10.5. The second-order valence-electron chi connectivity index (χ2n) is 5.79. The molecule has 1 atom stereocenters. The summed E-state index contributed by atoms with van der Waals surface area (Å²) in [6.45, 7) is 16.7. The van der Waals surface area contributed by atoms with Gasteiger partial charge >= 0.3 is 0 Å². The van der Waals surface area contributed by atoms with Crippen molar-refractivity contribution in [2.45, 2.75) is 59.3 Å². The van der Waals surface area contributed by atoms with Crippen LogP contribution in [0.4, 0.5) is 0 Å². The quantitative estimate of drug-likeness (QED) is 0.595. The molecule has 0 saturated heterocycles. The molecule has 6 heteroatoms. The van der Waals surface area contributed by atoms with Crippen LogP contribution in [0.15, 0.2) is 0 Å². The van der Waals surface area contributed by atoms with Crippen molar-refractivity contribution in [3.63, 3.8) is 0 Å². The molecule has 0 radical (unpaired) electrons. The second-order valence-corrected chi connectivity index (χ2v) is 8.14. The molecule has 5 nitrogen and oxygen atoms in total. The van der Waals surface area contributed by atoms with Gasteiger partial charge in [0.15, 0.2) is 0 Å². The first-order valence-electron chi connectivity index (χ1n) is 8.24. The van der Waals surface area contributed by atoms with Crippen LogP contribution in [0.2, 0.25) is 0 Å². The fourth-order valence-electron chi connectivity index (χ4n) is 2.24. The lowest BCUT2D eigenvalue weighted by Gasteiger charge is -2.26. The number of nitrogens with zero attached hydrogens (tertiary/aromatic N) is 2. The van der Waals surface area contributed by atoms with Crippen molar-refractivity contribution >= 4 is 10.0 Å². The Balaban J connectivity index is 4.47. The molecule has 0 saturated carbocycles. The SMILES string of the molecule is CCN(CC)CCCN(CC)S(=O)(=O)C(C)CNC(C)C. The molecule has 21 heavy (non-hydrogen) atoms. The van der Waals surface area contributed by atoms with E-state index in [0.29, 0.717) is 25.7 Å². The van der Waals surface area contributed by atoms with E-state index in [9.17, 15) is 8.42 Å². The largest absolute Gasteiger partial charge is 0.313 e. The Hall–Kier alpha value is -0.170. The van der Waals surface area contributed by atoms with Gasteiger partial charge in [0.25, 0.3) is 0 Å². The fraction of sp³-hybridized carbons (Fsp3) is 1.00. The zero-order valence-corrected chi connectivity index (χ0v) is 15.5. The minimum absolute atomic E-state index is 0.306. The van der Waals surface area contributed by atoms with Gasteiger partial charge in [0.1, 0.15) is 0 Å². The molecule has 0 spiro atoms. The predicted molar refractivity (Wildman–Crippen MR) is 91.2 cm³/mol. The van der Waals surface area contributed by atoms with Crippen LogP contribution < -0.4 is 5.32 Å². The van der Waals surface area contributed by atoms with Crippen molar-refractivity contribution in [1.29, 1.82) is 0 Å². The topological polar surface area (TPSA) is 52.7 Å². The molecule has 0 aliphatic heterocycles. The lowest BCUT2D eigenvalue weighted by atomic mass is 10.3. The first-order valence-corrected chi connectivity index (χ1v) is 9.74. The van der Waals surface area contributed by atoms with Gasteiger partial charge < -0.3 is 10.2 Å². The lowest BCUT2D eigenvalue weighted by molar-refractivity contribution is 0.284. The molecule has 0 aliphatic carbocycles. The Morgan fingerprint density at radius 2 is 1.52 bits per heavy atom. The van der Waals surface area contributed by atoms with Crippen molar-refractivity contribution in [2.24, 2.45) is 0 Å². The van der Waals surface area contributed by atoms with E-state index in [2.05, 4.69) is 24.1 Å². The van der Waals surface area contributed by atoms with E-state index < -0.39 is 10.0 Å². The summed E-state index contributed by atoms with van der Waals surface area (Å²) in [7, 11) is -3.21. The van der Waals surface area contributed by atoms with E-state index in [0.717, 1.165) is 26.1 Å². The van der Waals surface area contributed by atoms with Crippen LogP contribution in [0.1, 0.15) is 48.0 Å². The summed E-state index contributed by atoms with van der Waals surface area (Å²) in [6.07, 6.45) is 0.888. The zero-order chi connectivity index (χ0) is 16.5. The smallest absolute Gasteiger partial charge is 0.217 e. The summed E-state index contributed by atoms with van der Waals surface area (Å²) >= 11 is 0. The molecule has 0 heterocycles. The summed E-state index contributed by atoms with van der Waals surface area (Å²) in [5, 5.41) is 2.83. The van der Waals surface area contributed by atoms with E-state index in [1.165, 1.54) is 0 Å². The fourth-order valence-corrected chi connectivity index (χ4v) is 3.80. The summed E-state index contributed by atoms with van der Waals surface area (Å²) in [6, 6.07) is 0.306. The van der Waals surface area contributed by atoms with Gasteiger partial charge in [-0.25, -0.2) is 12.7 Å². The van der Waals surface area contributed by atoms with Crippen LogP contribution >= 0.6 is 0 Å². The average Bonchev–Trinajstić information content (AvgIpc) is 2.44. The number of nitrogens with one attached hydrogen (secondary N) is 1. The molecule has 0 aromatic carbocycles.